The molecule has 0 aliphatic heterocycles. The smallest absolute Gasteiger partial charge is 0.341 e. The third-order valence-electron chi connectivity index (χ3n) is 5.38. The largest absolute Gasteiger partial charge is 0.471 e. The quantitative estimate of drug-likeness (QED) is 0.477. The number of rotatable bonds is 7. The van der Waals surface area contributed by atoms with E-state index in [-0.39, 0.29) is 30.4 Å². The van der Waals surface area contributed by atoms with Crippen LogP contribution in [0.5, 0.6) is 5.75 Å². The van der Waals surface area contributed by atoms with Gasteiger partial charge in [-0.3, -0.25) is 4.79 Å². The highest BCUT2D eigenvalue weighted by Crippen LogP contribution is 2.39. The number of carbonyl (C=O) groups excluding carboxylic acids is 2. The van der Waals surface area contributed by atoms with Gasteiger partial charge in [0.2, 0.25) is 0 Å². The van der Waals surface area contributed by atoms with Gasteiger partial charge >= 0.3 is 5.97 Å². The second-order valence-electron chi connectivity index (χ2n) is 8.66. The lowest BCUT2D eigenvalue weighted by atomic mass is 9.95. The molecule has 1 amide bonds. The summed E-state index contributed by atoms with van der Waals surface area (Å²) >= 11 is 1.47. The maximum Gasteiger partial charge on any atom is 0.341 e. The minimum Gasteiger partial charge on any atom is -0.471 e. The highest BCUT2D eigenvalue weighted by Gasteiger charge is 2.28. The molecular formula is C25H29N3O4S. The third kappa shape index (κ3) is 5.45. The normalized spacial score (nSPS) is 13.0. The molecule has 0 bridgehead atoms. The zero-order chi connectivity index (χ0) is 23.5. The summed E-state index contributed by atoms with van der Waals surface area (Å²) in [5, 5.41) is 7.78. The number of aryl methyl sites for hydroxylation is 3. The Bertz CT molecular complexity index is 1160. The predicted octanol–water partition coefficient (Wildman–Crippen LogP) is 5.29. The average molecular weight is 468 g/mol. The van der Waals surface area contributed by atoms with E-state index < -0.39 is 0 Å². The van der Waals surface area contributed by atoms with Crippen molar-refractivity contribution in [1.29, 1.82) is 0 Å². The van der Waals surface area contributed by atoms with E-state index >= 15 is 0 Å². The molecule has 0 atom stereocenters. The lowest BCUT2D eigenvalue weighted by Gasteiger charge is -2.14. The molecular weight excluding hydrogens is 438 g/mol. The van der Waals surface area contributed by atoms with Gasteiger partial charge in [-0.2, -0.15) is 5.10 Å². The number of nitrogens with zero attached hydrogens (tertiary/aromatic N) is 2. The van der Waals surface area contributed by atoms with Crippen LogP contribution in [-0.4, -0.2) is 27.8 Å². The van der Waals surface area contributed by atoms with Gasteiger partial charge in [-0.25, -0.2) is 9.48 Å². The predicted molar refractivity (Wildman–Crippen MR) is 128 cm³/mol. The molecule has 0 radical (unpaired) electrons. The molecule has 33 heavy (non-hydrogen) atoms. The summed E-state index contributed by atoms with van der Waals surface area (Å²) in [5.74, 6) is 0.0101. The Labute approximate surface area is 197 Å². The van der Waals surface area contributed by atoms with Gasteiger partial charge in [0.15, 0.2) is 12.4 Å². The number of amides is 1. The van der Waals surface area contributed by atoms with E-state index in [2.05, 4.69) is 16.5 Å². The first kappa shape index (κ1) is 23.0. The Balaban J connectivity index is 1.48. The first-order valence-corrected chi connectivity index (χ1v) is 12.0. The van der Waals surface area contributed by atoms with Crippen LogP contribution in [0.2, 0.25) is 0 Å². The number of benzene rings is 1. The van der Waals surface area contributed by atoms with Crippen LogP contribution in [0.3, 0.4) is 0 Å². The van der Waals surface area contributed by atoms with Crippen molar-refractivity contribution in [3.8, 4) is 5.75 Å². The summed E-state index contributed by atoms with van der Waals surface area (Å²) in [4.78, 5) is 26.9. The topological polar surface area (TPSA) is 82.5 Å². The van der Waals surface area contributed by atoms with Crippen molar-refractivity contribution < 1.29 is 19.1 Å². The van der Waals surface area contributed by atoms with Crippen molar-refractivity contribution >= 4 is 28.2 Å². The molecule has 0 spiro atoms. The van der Waals surface area contributed by atoms with Crippen LogP contribution in [0, 0.1) is 13.8 Å². The fourth-order valence-corrected chi connectivity index (χ4v) is 5.29. The summed E-state index contributed by atoms with van der Waals surface area (Å²) in [5.41, 5.74) is 4.01. The number of ether oxygens (including phenoxy) is 2. The zero-order valence-corrected chi connectivity index (χ0v) is 20.3. The minimum atomic E-state index is -0.382. The number of hydrogen-bond donors (Lipinski definition) is 1. The second-order valence-corrected chi connectivity index (χ2v) is 9.77. The highest BCUT2D eigenvalue weighted by molar-refractivity contribution is 7.17. The van der Waals surface area contributed by atoms with Crippen molar-refractivity contribution in [2.24, 2.45) is 0 Å². The maximum absolute atomic E-state index is 12.9. The third-order valence-corrected chi connectivity index (χ3v) is 6.58. The molecule has 0 unspecified atom stereocenters. The number of fused-ring (bicyclic) bond motifs is 1. The van der Waals surface area contributed by atoms with E-state index in [4.69, 9.17) is 9.47 Å². The summed E-state index contributed by atoms with van der Waals surface area (Å²) in [6.45, 7) is 7.87. The van der Waals surface area contributed by atoms with Crippen molar-refractivity contribution in [3.63, 3.8) is 0 Å². The van der Waals surface area contributed by atoms with Crippen LogP contribution in [0.15, 0.2) is 30.5 Å². The number of hydrogen-bond acceptors (Lipinski definition) is 6. The fourth-order valence-electron chi connectivity index (χ4n) is 4.02. The van der Waals surface area contributed by atoms with E-state index in [1.54, 1.807) is 16.9 Å². The van der Waals surface area contributed by atoms with Gasteiger partial charge in [-0.1, -0.05) is 6.07 Å². The molecule has 3 aromatic rings. The van der Waals surface area contributed by atoms with Gasteiger partial charge in [0.05, 0.1) is 11.7 Å². The van der Waals surface area contributed by atoms with Gasteiger partial charge in [0.1, 0.15) is 10.8 Å². The molecule has 0 saturated heterocycles. The number of aromatic nitrogens is 2. The van der Waals surface area contributed by atoms with E-state index in [9.17, 15) is 9.59 Å². The molecule has 1 aliphatic rings. The van der Waals surface area contributed by atoms with E-state index in [1.807, 2.05) is 39.8 Å². The summed E-state index contributed by atoms with van der Waals surface area (Å²) < 4.78 is 12.9. The molecule has 4 rings (SSSR count). The van der Waals surface area contributed by atoms with Crippen LogP contribution in [0.4, 0.5) is 5.00 Å². The van der Waals surface area contributed by atoms with Gasteiger partial charge in [-0.15, -0.1) is 11.3 Å². The van der Waals surface area contributed by atoms with Crippen LogP contribution in [0.25, 0.3) is 0 Å². The molecule has 1 aliphatic carbocycles. The van der Waals surface area contributed by atoms with Gasteiger partial charge < -0.3 is 14.8 Å². The van der Waals surface area contributed by atoms with E-state index in [0.29, 0.717) is 10.6 Å². The Morgan fingerprint density at radius 1 is 1.15 bits per heavy atom. The molecule has 8 heteroatoms. The van der Waals surface area contributed by atoms with Crippen LogP contribution in [-0.2, 0) is 24.3 Å². The van der Waals surface area contributed by atoms with Gasteiger partial charge in [0.25, 0.3) is 5.91 Å². The van der Waals surface area contributed by atoms with E-state index in [0.717, 1.165) is 53.0 Å². The number of carbonyl (C=O) groups is 2. The van der Waals surface area contributed by atoms with Crippen molar-refractivity contribution in [1.82, 2.24) is 9.78 Å². The first-order chi connectivity index (χ1) is 15.8. The Morgan fingerprint density at radius 2 is 1.88 bits per heavy atom. The summed E-state index contributed by atoms with van der Waals surface area (Å²) in [6, 6.07) is 7.64. The molecule has 7 nitrogen and oxygen atoms in total. The van der Waals surface area contributed by atoms with Gasteiger partial charge in [-0.05, 0) is 88.3 Å². The molecule has 1 N–H and O–H groups in total. The molecule has 2 aromatic heterocycles. The monoisotopic (exact) mass is 467 g/mol. The maximum atomic E-state index is 12.9. The van der Waals surface area contributed by atoms with Crippen LogP contribution in [0.1, 0.15) is 69.1 Å². The molecule has 174 valence electrons. The molecule has 0 fully saturated rings. The fraction of sp³-hybridized carbons (Fsp3) is 0.400. The Hall–Kier alpha value is -3.13. The summed E-state index contributed by atoms with van der Waals surface area (Å²) in [6.07, 6.45) is 5.34. The average Bonchev–Trinajstić information content (AvgIpc) is 3.35. The summed E-state index contributed by atoms with van der Waals surface area (Å²) in [7, 11) is 0. The number of esters is 1. The lowest BCUT2D eigenvalue weighted by molar-refractivity contribution is 0.0378. The Morgan fingerprint density at radius 3 is 2.61 bits per heavy atom. The molecule has 0 saturated carbocycles. The Kier molecular flexibility index (Phi) is 6.83. The van der Waals surface area contributed by atoms with E-state index in [1.165, 1.54) is 11.3 Å². The minimum absolute atomic E-state index is 0.190. The molecule has 2 heterocycles. The van der Waals surface area contributed by atoms with Crippen LogP contribution < -0.4 is 10.1 Å². The van der Waals surface area contributed by atoms with Crippen molar-refractivity contribution in [2.75, 3.05) is 5.32 Å². The standard InChI is InChI=1S/C25H29N3O4S/c1-15(2)32-25(30)22-19-7-5-6-8-21(19)33-24(22)26-23(29)20-9-10-28(27-20)14-31-18-12-16(3)11-17(4)13-18/h9-13,15H,5-8,14H2,1-4H3,(H,26,29). The SMILES string of the molecule is Cc1cc(C)cc(OCn2ccc(C(=O)Nc3sc4c(c3C(=O)OC(C)C)CCCC4)n2)c1. The number of thiophene rings is 1. The highest BCUT2D eigenvalue weighted by atomic mass is 32.1. The van der Waals surface area contributed by atoms with Crippen LogP contribution >= 0.6 is 11.3 Å². The zero-order valence-electron chi connectivity index (χ0n) is 19.4. The molecule has 1 aromatic carbocycles. The van der Waals surface area contributed by atoms with Crippen molar-refractivity contribution in [3.05, 3.63) is 63.3 Å². The number of nitrogens with one attached hydrogen (secondary N) is 1. The lowest BCUT2D eigenvalue weighted by Crippen LogP contribution is -2.18. The second kappa shape index (κ2) is 9.79. The number of anilines is 1. The van der Waals surface area contributed by atoms with Crippen molar-refractivity contribution in [2.45, 2.75) is 66.2 Å². The first-order valence-electron chi connectivity index (χ1n) is 11.2. The van der Waals surface area contributed by atoms with Gasteiger partial charge in [0, 0.05) is 11.1 Å².